The van der Waals surface area contributed by atoms with Crippen molar-refractivity contribution in [2.24, 2.45) is 0 Å². The molecule has 8 nitrogen and oxygen atoms in total. The Hall–Kier alpha value is -2.77. The lowest BCUT2D eigenvalue weighted by atomic mass is 9.93. The van der Waals surface area contributed by atoms with E-state index in [1.807, 2.05) is 6.07 Å². The third-order valence-electron chi connectivity index (χ3n) is 4.17. The molecule has 1 atom stereocenters. The lowest BCUT2D eigenvalue weighted by Crippen LogP contribution is -2.54. The number of hydrogen-bond donors (Lipinski definition) is 4. The van der Waals surface area contributed by atoms with Crippen LogP contribution in [0.3, 0.4) is 0 Å². The Balaban J connectivity index is 1.79. The van der Waals surface area contributed by atoms with E-state index in [2.05, 4.69) is 20.6 Å². The van der Waals surface area contributed by atoms with Crippen LogP contribution in [0.2, 0.25) is 0 Å². The van der Waals surface area contributed by atoms with Crippen molar-refractivity contribution in [2.75, 3.05) is 23.7 Å². The molecule has 2 amide bonds. The van der Waals surface area contributed by atoms with E-state index in [4.69, 9.17) is 5.11 Å². The first-order valence-electron chi connectivity index (χ1n) is 6.63. The Morgan fingerprint density at radius 2 is 2.33 bits per heavy atom. The second-order valence-corrected chi connectivity index (χ2v) is 5.40. The Kier molecular flexibility index (Phi) is 2.21. The third-order valence-corrected chi connectivity index (χ3v) is 4.17. The number of carbonyl (C=O) groups is 2. The first kappa shape index (κ1) is 12.0. The van der Waals surface area contributed by atoms with E-state index in [0.717, 1.165) is 16.7 Å². The Morgan fingerprint density at radius 1 is 1.48 bits per heavy atom. The van der Waals surface area contributed by atoms with Gasteiger partial charge < -0.3 is 25.6 Å². The molecule has 108 valence electrons. The number of aromatic amines is 1. The molecular formula is C13H13N5O3. The minimum atomic E-state index is -1.01. The van der Waals surface area contributed by atoms with Crippen LogP contribution in [-0.2, 0) is 4.79 Å². The fraction of sp³-hybridized carbons (Fsp3) is 0.308. The van der Waals surface area contributed by atoms with Crippen molar-refractivity contribution in [3.05, 3.63) is 18.5 Å². The van der Waals surface area contributed by atoms with Gasteiger partial charge in [0.25, 0.3) is 5.91 Å². The molecule has 2 aromatic rings. The van der Waals surface area contributed by atoms with Gasteiger partial charge >= 0.3 is 6.09 Å². The Labute approximate surface area is 119 Å². The largest absolute Gasteiger partial charge is 0.465 e. The van der Waals surface area contributed by atoms with Crippen LogP contribution in [0.1, 0.15) is 6.42 Å². The molecule has 0 radical (unpaired) electrons. The van der Waals surface area contributed by atoms with Crippen LogP contribution in [0.4, 0.5) is 16.2 Å². The van der Waals surface area contributed by atoms with Crippen LogP contribution in [0, 0.1) is 0 Å². The minimum absolute atomic E-state index is 0.141. The molecule has 1 spiro atoms. The van der Waals surface area contributed by atoms with Crippen LogP contribution in [0.5, 0.6) is 0 Å². The van der Waals surface area contributed by atoms with Crippen LogP contribution in [-0.4, -0.2) is 50.6 Å². The molecular weight excluding hydrogens is 274 g/mol. The number of anilines is 2. The topological polar surface area (TPSA) is 110 Å². The zero-order valence-electron chi connectivity index (χ0n) is 11.0. The molecule has 8 heteroatoms. The number of nitrogens with one attached hydrogen (secondary N) is 3. The summed E-state index contributed by atoms with van der Waals surface area (Å²) in [6.07, 6.45) is 2.81. The molecule has 0 aliphatic carbocycles. The Morgan fingerprint density at radius 3 is 3.10 bits per heavy atom. The summed E-state index contributed by atoms with van der Waals surface area (Å²) in [5, 5.41) is 16.1. The standard InChI is InChI=1S/C13H13N5O3/c19-11-13(2-4-18(6-13)12(20)21)17-9-7-1-3-14-10(7)15-5-8(9)16-11/h1,3,5,17H,2,4,6H2,(H,14,15)(H,16,19)(H,20,21). The van der Waals surface area contributed by atoms with Gasteiger partial charge in [-0.2, -0.15) is 0 Å². The summed E-state index contributed by atoms with van der Waals surface area (Å²) in [4.78, 5) is 32.0. The maximum Gasteiger partial charge on any atom is 0.407 e. The van der Waals surface area contributed by atoms with Crippen molar-refractivity contribution in [2.45, 2.75) is 12.0 Å². The highest BCUT2D eigenvalue weighted by Crippen LogP contribution is 2.39. The number of hydrogen-bond acceptors (Lipinski definition) is 4. The van der Waals surface area contributed by atoms with E-state index < -0.39 is 11.6 Å². The van der Waals surface area contributed by atoms with Crippen LogP contribution in [0.25, 0.3) is 11.0 Å². The number of rotatable bonds is 0. The highest BCUT2D eigenvalue weighted by atomic mass is 16.4. The average Bonchev–Trinajstić information content (AvgIpc) is 3.08. The molecule has 4 heterocycles. The highest BCUT2D eigenvalue weighted by Gasteiger charge is 2.49. The lowest BCUT2D eigenvalue weighted by Gasteiger charge is -2.35. The summed E-state index contributed by atoms with van der Waals surface area (Å²) in [6, 6.07) is 1.88. The summed E-state index contributed by atoms with van der Waals surface area (Å²) in [5.74, 6) is -0.213. The normalized spacial score (nSPS) is 24.0. The van der Waals surface area contributed by atoms with Crippen LogP contribution < -0.4 is 10.6 Å². The number of aromatic nitrogens is 2. The fourth-order valence-electron chi connectivity index (χ4n) is 3.04. The molecule has 0 saturated carbocycles. The first-order valence-corrected chi connectivity index (χ1v) is 6.63. The molecule has 21 heavy (non-hydrogen) atoms. The first-order chi connectivity index (χ1) is 10.1. The quantitative estimate of drug-likeness (QED) is 0.579. The molecule has 1 saturated heterocycles. The number of pyridine rings is 1. The second-order valence-electron chi connectivity index (χ2n) is 5.40. The van der Waals surface area contributed by atoms with Crippen molar-refractivity contribution in [1.29, 1.82) is 0 Å². The molecule has 1 unspecified atom stereocenters. The van der Waals surface area contributed by atoms with Gasteiger partial charge in [-0.05, 0) is 12.5 Å². The van der Waals surface area contributed by atoms with Crippen molar-refractivity contribution >= 4 is 34.4 Å². The molecule has 0 bridgehead atoms. The number of carboxylic acid groups (broad SMARTS) is 1. The van der Waals surface area contributed by atoms with Gasteiger partial charge in [-0.1, -0.05) is 0 Å². The summed E-state index contributed by atoms with van der Waals surface area (Å²) < 4.78 is 0. The van der Waals surface area contributed by atoms with Gasteiger partial charge in [0.2, 0.25) is 0 Å². The predicted octanol–water partition coefficient (Wildman–Crippen LogP) is 1.05. The number of H-pyrrole nitrogens is 1. The summed E-state index contributed by atoms with van der Waals surface area (Å²) in [6.45, 7) is 0.480. The maximum atomic E-state index is 12.4. The Bertz CT molecular complexity index is 770. The lowest BCUT2D eigenvalue weighted by molar-refractivity contribution is -0.120. The van der Waals surface area contributed by atoms with Gasteiger partial charge in [0.1, 0.15) is 11.2 Å². The van der Waals surface area contributed by atoms with Crippen molar-refractivity contribution in [3.63, 3.8) is 0 Å². The third kappa shape index (κ3) is 1.58. The van der Waals surface area contributed by atoms with Gasteiger partial charge in [-0.25, -0.2) is 9.78 Å². The minimum Gasteiger partial charge on any atom is -0.465 e. The zero-order valence-corrected chi connectivity index (χ0v) is 11.0. The maximum absolute atomic E-state index is 12.4. The van der Waals surface area contributed by atoms with E-state index in [0.29, 0.717) is 18.7 Å². The smallest absolute Gasteiger partial charge is 0.407 e. The van der Waals surface area contributed by atoms with Gasteiger partial charge in [0, 0.05) is 18.1 Å². The number of nitrogens with zero attached hydrogens (tertiary/aromatic N) is 2. The number of fused-ring (bicyclic) bond motifs is 3. The molecule has 2 aromatic heterocycles. The van der Waals surface area contributed by atoms with Crippen molar-refractivity contribution in [3.8, 4) is 0 Å². The van der Waals surface area contributed by atoms with Gasteiger partial charge in [-0.15, -0.1) is 0 Å². The molecule has 4 rings (SSSR count). The van der Waals surface area contributed by atoms with Crippen molar-refractivity contribution < 1.29 is 14.7 Å². The summed E-state index contributed by atoms with van der Waals surface area (Å²) in [7, 11) is 0. The van der Waals surface area contributed by atoms with E-state index in [9.17, 15) is 9.59 Å². The van der Waals surface area contributed by atoms with Gasteiger partial charge in [0.05, 0.1) is 24.1 Å². The van der Waals surface area contributed by atoms with E-state index >= 15 is 0 Å². The molecule has 2 aliphatic rings. The average molecular weight is 287 g/mol. The van der Waals surface area contributed by atoms with Crippen LogP contribution >= 0.6 is 0 Å². The summed E-state index contributed by atoms with van der Waals surface area (Å²) >= 11 is 0. The second kappa shape index (κ2) is 3.87. The van der Waals surface area contributed by atoms with Gasteiger partial charge in [0.15, 0.2) is 0 Å². The predicted molar refractivity (Wildman–Crippen MR) is 75.3 cm³/mol. The number of amides is 2. The molecule has 1 fully saturated rings. The van der Waals surface area contributed by atoms with E-state index in [1.165, 1.54) is 4.90 Å². The fourth-order valence-corrected chi connectivity index (χ4v) is 3.04. The molecule has 2 aliphatic heterocycles. The van der Waals surface area contributed by atoms with Crippen molar-refractivity contribution in [1.82, 2.24) is 14.9 Å². The highest BCUT2D eigenvalue weighted by molar-refractivity contribution is 6.11. The zero-order chi connectivity index (χ0) is 14.6. The summed E-state index contributed by atoms with van der Waals surface area (Å²) in [5.41, 5.74) is 1.22. The van der Waals surface area contributed by atoms with E-state index in [-0.39, 0.29) is 12.5 Å². The molecule has 0 aromatic carbocycles. The molecule has 4 N–H and O–H groups in total. The van der Waals surface area contributed by atoms with E-state index in [1.54, 1.807) is 12.4 Å². The number of carbonyl (C=O) groups excluding carboxylic acids is 1. The SMILES string of the molecule is O=C(O)N1CCC2(C1)Nc1c(cnc3[nH]ccc13)NC2=O. The van der Waals surface area contributed by atoms with Crippen LogP contribution in [0.15, 0.2) is 18.5 Å². The number of likely N-dealkylation sites (tertiary alicyclic amines) is 1. The monoisotopic (exact) mass is 287 g/mol. The van der Waals surface area contributed by atoms with Gasteiger partial charge in [-0.3, -0.25) is 4.79 Å².